The lowest BCUT2D eigenvalue weighted by Crippen LogP contribution is -2.36. The summed E-state index contributed by atoms with van der Waals surface area (Å²) in [5.41, 5.74) is 8.73. The molecule has 4 heteroatoms. The molecule has 0 aliphatic carbocycles. The SMILES string of the molecule is Cc1ccc(CCc2nc3n(n2)C(C)C(N)CC3)cc1. The predicted octanol–water partition coefficient (Wildman–Crippen LogP) is 2.21. The molecule has 2 unspecified atom stereocenters. The highest BCUT2D eigenvalue weighted by Crippen LogP contribution is 2.22. The minimum atomic E-state index is 0.203. The maximum absolute atomic E-state index is 6.09. The summed E-state index contributed by atoms with van der Waals surface area (Å²) in [6.07, 6.45) is 3.84. The molecule has 1 aliphatic heterocycles. The summed E-state index contributed by atoms with van der Waals surface area (Å²) < 4.78 is 2.03. The van der Waals surface area contributed by atoms with Gasteiger partial charge in [0, 0.05) is 18.9 Å². The van der Waals surface area contributed by atoms with Crippen molar-refractivity contribution < 1.29 is 0 Å². The zero-order valence-corrected chi connectivity index (χ0v) is 12.2. The second kappa shape index (κ2) is 5.37. The first-order valence-corrected chi connectivity index (χ1v) is 7.39. The molecule has 1 aromatic heterocycles. The van der Waals surface area contributed by atoms with Crippen molar-refractivity contribution in [1.82, 2.24) is 14.8 Å². The molecule has 0 spiro atoms. The van der Waals surface area contributed by atoms with Gasteiger partial charge in [-0.1, -0.05) is 29.8 Å². The Morgan fingerprint density at radius 2 is 2.00 bits per heavy atom. The first-order chi connectivity index (χ1) is 9.63. The van der Waals surface area contributed by atoms with Gasteiger partial charge in [0.05, 0.1) is 6.04 Å². The van der Waals surface area contributed by atoms with E-state index in [4.69, 9.17) is 5.73 Å². The molecule has 0 radical (unpaired) electrons. The number of hydrogen-bond donors (Lipinski definition) is 1. The van der Waals surface area contributed by atoms with E-state index < -0.39 is 0 Å². The molecule has 0 fully saturated rings. The molecule has 2 atom stereocenters. The average molecular weight is 270 g/mol. The largest absolute Gasteiger partial charge is 0.326 e. The van der Waals surface area contributed by atoms with Crippen LogP contribution in [0.15, 0.2) is 24.3 Å². The minimum Gasteiger partial charge on any atom is -0.326 e. The van der Waals surface area contributed by atoms with Crippen LogP contribution in [0.5, 0.6) is 0 Å². The Morgan fingerprint density at radius 3 is 2.75 bits per heavy atom. The van der Waals surface area contributed by atoms with Gasteiger partial charge in [-0.3, -0.25) is 0 Å². The van der Waals surface area contributed by atoms with E-state index in [1.54, 1.807) is 0 Å². The van der Waals surface area contributed by atoms with Crippen LogP contribution in [0.1, 0.15) is 42.2 Å². The fourth-order valence-corrected chi connectivity index (χ4v) is 2.74. The van der Waals surface area contributed by atoms with Crippen LogP contribution in [0.2, 0.25) is 0 Å². The highest BCUT2D eigenvalue weighted by Gasteiger charge is 2.25. The van der Waals surface area contributed by atoms with Crippen molar-refractivity contribution in [3.8, 4) is 0 Å². The maximum atomic E-state index is 6.09. The van der Waals surface area contributed by atoms with Crippen LogP contribution in [-0.4, -0.2) is 20.8 Å². The molecule has 4 nitrogen and oxygen atoms in total. The smallest absolute Gasteiger partial charge is 0.151 e. The van der Waals surface area contributed by atoms with Crippen molar-refractivity contribution in [3.63, 3.8) is 0 Å². The molecular weight excluding hydrogens is 248 g/mol. The van der Waals surface area contributed by atoms with Crippen LogP contribution >= 0.6 is 0 Å². The van der Waals surface area contributed by atoms with Gasteiger partial charge in [0.2, 0.25) is 0 Å². The molecule has 0 saturated carbocycles. The van der Waals surface area contributed by atoms with Gasteiger partial charge in [-0.2, -0.15) is 5.10 Å². The second-order valence-corrected chi connectivity index (χ2v) is 5.82. The Labute approximate surface area is 120 Å². The average Bonchev–Trinajstić information content (AvgIpc) is 2.86. The van der Waals surface area contributed by atoms with Gasteiger partial charge in [0.25, 0.3) is 0 Å². The van der Waals surface area contributed by atoms with E-state index in [1.807, 2.05) is 4.68 Å². The summed E-state index contributed by atoms with van der Waals surface area (Å²) in [7, 11) is 0. The topological polar surface area (TPSA) is 56.7 Å². The number of fused-ring (bicyclic) bond motifs is 1. The Bertz CT molecular complexity index is 585. The molecule has 0 saturated heterocycles. The molecule has 1 aromatic carbocycles. The maximum Gasteiger partial charge on any atom is 0.151 e. The summed E-state index contributed by atoms with van der Waals surface area (Å²) in [6.45, 7) is 4.24. The van der Waals surface area contributed by atoms with Gasteiger partial charge >= 0.3 is 0 Å². The number of nitrogens with two attached hydrogens (primary N) is 1. The Morgan fingerprint density at radius 1 is 1.25 bits per heavy atom. The second-order valence-electron chi connectivity index (χ2n) is 5.82. The third kappa shape index (κ3) is 2.61. The summed E-state index contributed by atoms with van der Waals surface area (Å²) in [4.78, 5) is 4.66. The summed E-state index contributed by atoms with van der Waals surface area (Å²) in [5, 5.41) is 4.64. The van der Waals surface area contributed by atoms with Crippen molar-refractivity contribution in [1.29, 1.82) is 0 Å². The molecule has 3 rings (SSSR count). The molecule has 0 bridgehead atoms. The lowest BCUT2D eigenvalue weighted by Gasteiger charge is -2.25. The number of hydrogen-bond acceptors (Lipinski definition) is 3. The van der Waals surface area contributed by atoms with Crippen molar-refractivity contribution in [2.45, 2.75) is 51.6 Å². The van der Waals surface area contributed by atoms with Gasteiger partial charge in [0.1, 0.15) is 5.82 Å². The number of nitrogens with zero attached hydrogens (tertiary/aromatic N) is 3. The Balaban J connectivity index is 1.70. The first-order valence-electron chi connectivity index (χ1n) is 7.39. The van der Waals surface area contributed by atoms with Gasteiger partial charge in [-0.05, 0) is 32.3 Å². The van der Waals surface area contributed by atoms with E-state index in [9.17, 15) is 0 Å². The highest BCUT2D eigenvalue weighted by molar-refractivity contribution is 5.21. The molecule has 2 N–H and O–H groups in total. The van der Waals surface area contributed by atoms with Crippen LogP contribution < -0.4 is 5.73 Å². The van der Waals surface area contributed by atoms with Gasteiger partial charge in [-0.15, -0.1) is 0 Å². The van der Waals surface area contributed by atoms with Crippen molar-refractivity contribution in [2.24, 2.45) is 5.73 Å². The highest BCUT2D eigenvalue weighted by atomic mass is 15.4. The van der Waals surface area contributed by atoms with Crippen LogP contribution in [-0.2, 0) is 19.3 Å². The van der Waals surface area contributed by atoms with E-state index in [0.717, 1.165) is 37.3 Å². The molecule has 106 valence electrons. The van der Waals surface area contributed by atoms with Gasteiger partial charge in [-0.25, -0.2) is 9.67 Å². The fourth-order valence-electron chi connectivity index (χ4n) is 2.74. The molecule has 2 heterocycles. The third-order valence-electron chi connectivity index (χ3n) is 4.21. The monoisotopic (exact) mass is 270 g/mol. The van der Waals surface area contributed by atoms with Gasteiger partial charge < -0.3 is 5.73 Å². The van der Waals surface area contributed by atoms with Crippen molar-refractivity contribution in [2.75, 3.05) is 0 Å². The van der Waals surface area contributed by atoms with Crippen molar-refractivity contribution in [3.05, 3.63) is 47.0 Å². The fraction of sp³-hybridized carbons (Fsp3) is 0.500. The summed E-state index contributed by atoms with van der Waals surface area (Å²) >= 11 is 0. The molecular formula is C16H22N4. The lowest BCUT2D eigenvalue weighted by atomic mass is 10.0. The number of rotatable bonds is 3. The third-order valence-corrected chi connectivity index (χ3v) is 4.21. The van der Waals surface area contributed by atoms with E-state index in [-0.39, 0.29) is 12.1 Å². The van der Waals surface area contributed by atoms with Crippen LogP contribution in [0.25, 0.3) is 0 Å². The van der Waals surface area contributed by atoms with E-state index in [0.29, 0.717) is 0 Å². The molecule has 0 amide bonds. The Kier molecular flexibility index (Phi) is 3.57. The quantitative estimate of drug-likeness (QED) is 0.930. The Hall–Kier alpha value is -1.68. The zero-order valence-electron chi connectivity index (χ0n) is 12.2. The van der Waals surface area contributed by atoms with Crippen LogP contribution in [0.4, 0.5) is 0 Å². The zero-order chi connectivity index (χ0) is 14.1. The predicted molar refractivity (Wildman–Crippen MR) is 79.6 cm³/mol. The summed E-state index contributed by atoms with van der Waals surface area (Å²) in [5.74, 6) is 2.04. The molecule has 1 aliphatic rings. The number of aromatic nitrogens is 3. The van der Waals surface area contributed by atoms with E-state index in [2.05, 4.69) is 48.2 Å². The van der Waals surface area contributed by atoms with Crippen LogP contribution in [0.3, 0.4) is 0 Å². The molecule has 2 aromatic rings. The first kappa shape index (κ1) is 13.3. The standard InChI is InChI=1S/C16H22N4/c1-11-3-5-13(6-4-11)7-9-15-18-16-10-8-14(17)12(2)20(16)19-15/h3-6,12,14H,7-10,17H2,1-2H3. The van der Waals surface area contributed by atoms with Crippen LogP contribution in [0, 0.1) is 6.92 Å². The van der Waals surface area contributed by atoms with Gasteiger partial charge in [0.15, 0.2) is 5.82 Å². The minimum absolute atomic E-state index is 0.203. The lowest BCUT2D eigenvalue weighted by molar-refractivity contribution is 0.337. The van der Waals surface area contributed by atoms with E-state index >= 15 is 0 Å². The number of aryl methyl sites for hydroxylation is 4. The van der Waals surface area contributed by atoms with Crippen molar-refractivity contribution >= 4 is 0 Å². The van der Waals surface area contributed by atoms with E-state index in [1.165, 1.54) is 11.1 Å². The number of benzene rings is 1. The summed E-state index contributed by atoms with van der Waals surface area (Å²) in [6, 6.07) is 9.14. The normalized spacial score (nSPS) is 21.8. The molecule has 20 heavy (non-hydrogen) atoms.